The van der Waals surface area contributed by atoms with Gasteiger partial charge in [0.05, 0.1) is 6.54 Å². The molecule has 2 amide bonds. The minimum Gasteiger partial charge on any atom is -0.343 e. The molecule has 0 fully saturated rings. The van der Waals surface area contributed by atoms with Crippen LogP contribution in [-0.2, 0) is 9.59 Å². The number of allylic oxidation sites excluding steroid dienone is 3. The smallest absolute Gasteiger partial charge is 0.244 e. The Balaban J connectivity index is 2.44. The van der Waals surface area contributed by atoms with Crippen LogP contribution in [-0.4, -0.2) is 18.4 Å². The number of carbonyl (C=O) groups excluding carboxylic acids is 2. The van der Waals surface area contributed by atoms with Crippen molar-refractivity contribution in [3.8, 4) is 0 Å². The maximum absolute atomic E-state index is 12.9. The lowest BCUT2D eigenvalue weighted by atomic mass is 10.3. The Morgan fingerprint density at radius 2 is 1.95 bits per heavy atom. The molecular weight excluding hydrogens is 266 g/mol. The van der Waals surface area contributed by atoms with E-state index < -0.39 is 23.4 Å². The molecule has 0 heterocycles. The fourth-order valence-electron chi connectivity index (χ4n) is 1.26. The lowest BCUT2D eigenvalue weighted by Crippen LogP contribution is -2.31. The van der Waals surface area contributed by atoms with Crippen molar-refractivity contribution in [2.24, 2.45) is 0 Å². The molecule has 0 saturated carbocycles. The van der Waals surface area contributed by atoms with Gasteiger partial charge in [-0.15, -0.1) is 0 Å². The van der Waals surface area contributed by atoms with Gasteiger partial charge in [0.2, 0.25) is 11.8 Å². The van der Waals surface area contributed by atoms with Crippen LogP contribution in [0.4, 0.5) is 14.5 Å². The van der Waals surface area contributed by atoms with Crippen LogP contribution in [0.3, 0.4) is 0 Å². The van der Waals surface area contributed by atoms with Crippen LogP contribution in [0.1, 0.15) is 6.92 Å². The average Bonchev–Trinajstić information content (AvgIpc) is 2.41. The van der Waals surface area contributed by atoms with Gasteiger partial charge in [-0.25, -0.2) is 8.78 Å². The molecule has 4 nitrogen and oxygen atoms in total. The molecule has 0 atom stereocenters. The molecule has 1 aromatic rings. The van der Waals surface area contributed by atoms with E-state index in [0.29, 0.717) is 0 Å². The molecular formula is C14H14F2N2O2. The van der Waals surface area contributed by atoms with Crippen LogP contribution < -0.4 is 10.6 Å². The summed E-state index contributed by atoms with van der Waals surface area (Å²) in [5.41, 5.74) is 0.118. The number of anilines is 1. The quantitative estimate of drug-likeness (QED) is 0.641. The van der Waals surface area contributed by atoms with Gasteiger partial charge in [0.15, 0.2) is 11.6 Å². The zero-order chi connectivity index (χ0) is 15.0. The number of hydrogen-bond acceptors (Lipinski definition) is 2. The fraction of sp³-hybridized carbons (Fsp3) is 0.143. The highest BCUT2D eigenvalue weighted by Crippen LogP contribution is 2.12. The molecule has 1 rings (SSSR count). The van der Waals surface area contributed by atoms with Crippen LogP contribution >= 0.6 is 0 Å². The largest absolute Gasteiger partial charge is 0.343 e. The van der Waals surface area contributed by atoms with E-state index in [9.17, 15) is 18.4 Å². The van der Waals surface area contributed by atoms with Gasteiger partial charge in [0.1, 0.15) is 0 Å². The molecule has 1 aromatic carbocycles. The first-order valence-corrected chi connectivity index (χ1v) is 5.85. The van der Waals surface area contributed by atoms with E-state index in [-0.39, 0.29) is 12.2 Å². The predicted molar refractivity (Wildman–Crippen MR) is 72.0 cm³/mol. The van der Waals surface area contributed by atoms with Crippen LogP contribution in [0, 0.1) is 11.6 Å². The Morgan fingerprint density at radius 3 is 2.60 bits per heavy atom. The second-order valence-electron chi connectivity index (χ2n) is 3.78. The molecule has 2 N–H and O–H groups in total. The SMILES string of the molecule is C/C=C/C=C/C(=O)NCC(=O)Nc1ccc(F)c(F)c1. The number of amides is 2. The number of halogens is 2. The summed E-state index contributed by atoms with van der Waals surface area (Å²) in [6.07, 6.45) is 6.22. The van der Waals surface area contributed by atoms with Crippen LogP contribution in [0.15, 0.2) is 42.5 Å². The number of benzene rings is 1. The Bertz CT molecular complexity index is 554. The summed E-state index contributed by atoms with van der Waals surface area (Å²) < 4.78 is 25.6. The van der Waals surface area contributed by atoms with Gasteiger partial charge in [-0.2, -0.15) is 0 Å². The van der Waals surface area contributed by atoms with Crippen LogP contribution in [0.2, 0.25) is 0 Å². The summed E-state index contributed by atoms with van der Waals surface area (Å²) in [5, 5.41) is 4.68. The van der Waals surface area contributed by atoms with Crippen molar-refractivity contribution in [3.05, 3.63) is 54.1 Å². The van der Waals surface area contributed by atoms with Crippen molar-refractivity contribution in [1.29, 1.82) is 0 Å². The highest BCUT2D eigenvalue weighted by molar-refractivity contribution is 5.96. The average molecular weight is 280 g/mol. The first-order valence-electron chi connectivity index (χ1n) is 5.85. The number of hydrogen-bond donors (Lipinski definition) is 2. The Kier molecular flexibility index (Phi) is 6.09. The molecule has 0 aliphatic carbocycles. The van der Waals surface area contributed by atoms with Crippen LogP contribution in [0.5, 0.6) is 0 Å². The third kappa shape index (κ3) is 5.43. The van der Waals surface area contributed by atoms with Gasteiger partial charge < -0.3 is 10.6 Å². The zero-order valence-corrected chi connectivity index (χ0v) is 10.8. The lowest BCUT2D eigenvalue weighted by molar-refractivity contribution is -0.121. The minimum absolute atomic E-state index is 0.118. The zero-order valence-electron chi connectivity index (χ0n) is 10.8. The molecule has 0 bridgehead atoms. The van der Waals surface area contributed by atoms with E-state index in [1.807, 2.05) is 0 Å². The summed E-state index contributed by atoms with van der Waals surface area (Å²) in [6, 6.07) is 2.99. The van der Waals surface area contributed by atoms with Crippen molar-refractivity contribution in [3.63, 3.8) is 0 Å². The summed E-state index contributed by atoms with van der Waals surface area (Å²) in [6.45, 7) is 1.54. The van der Waals surface area contributed by atoms with Crippen molar-refractivity contribution in [1.82, 2.24) is 5.32 Å². The molecule has 0 radical (unpaired) electrons. The highest BCUT2D eigenvalue weighted by atomic mass is 19.2. The van der Waals surface area contributed by atoms with Crippen molar-refractivity contribution < 1.29 is 18.4 Å². The van der Waals surface area contributed by atoms with E-state index >= 15 is 0 Å². The first kappa shape index (κ1) is 15.6. The second-order valence-corrected chi connectivity index (χ2v) is 3.78. The van der Waals surface area contributed by atoms with Crippen molar-refractivity contribution in [2.45, 2.75) is 6.92 Å². The normalized spacial score (nSPS) is 10.9. The van der Waals surface area contributed by atoms with Gasteiger partial charge in [0, 0.05) is 17.8 Å². The Labute approximate surface area is 115 Å². The summed E-state index contributed by atoms with van der Waals surface area (Å²) >= 11 is 0. The maximum Gasteiger partial charge on any atom is 0.244 e. The first-order chi connectivity index (χ1) is 9.52. The standard InChI is InChI=1S/C14H14F2N2O2/c1-2-3-4-5-13(19)17-9-14(20)18-10-6-7-11(15)12(16)8-10/h2-8H,9H2,1H3,(H,17,19)(H,18,20)/b3-2+,5-4+. The molecule has 20 heavy (non-hydrogen) atoms. The van der Waals surface area contributed by atoms with Gasteiger partial charge in [-0.05, 0) is 19.1 Å². The minimum atomic E-state index is -1.05. The van der Waals surface area contributed by atoms with Gasteiger partial charge >= 0.3 is 0 Å². The molecule has 0 unspecified atom stereocenters. The third-order valence-electron chi connectivity index (χ3n) is 2.18. The van der Waals surface area contributed by atoms with E-state index in [4.69, 9.17) is 0 Å². The van der Waals surface area contributed by atoms with E-state index in [0.717, 1.165) is 12.1 Å². The summed E-state index contributed by atoms with van der Waals surface area (Å²) in [4.78, 5) is 22.7. The molecule has 6 heteroatoms. The fourth-order valence-corrected chi connectivity index (χ4v) is 1.26. The molecule has 0 aliphatic rings. The predicted octanol–water partition coefficient (Wildman–Crippen LogP) is 2.15. The van der Waals surface area contributed by atoms with Gasteiger partial charge in [-0.3, -0.25) is 9.59 Å². The molecule has 0 spiro atoms. The second kappa shape index (κ2) is 7.83. The highest BCUT2D eigenvalue weighted by Gasteiger charge is 2.06. The van der Waals surface area contributed by atoms with Crippen LogP contribution in [0.25, 0.3) is 0 Å². The Hall–Kier alpha value is -2.50. The molecule has 0 saturated heterocycles. The lowest BCUT2D eigenvalue weighted by Gasteiger charge is -2.06. The summed E-state index contributed by atoms with van der Waals surface area (Å²) in [7, 11) is 0. The maximum atomic E-state index is 12.9. The number of carbonyl (C=O) groups is 2. The van der Waals surface area contributed by atoms with E-state index in [2.05, 4.69) is 10.6 Å². The molecule has 0 aromatic heterocycles. The summed E-state index contributed by atoms with van der Waals surface area (Å²) in [5.74, 6) is -3.01. The van der Waals surface area contributed by atoms with Gasteiger partial charge in [-0.1, -0.05) is 18.2 Å². The Morgan fingerprint density at radius 1 is 1.20 bits per heavy atom. The third-order valence-corrected chi connectivity index (χ3v) is 2.18. The monoisotopic (exact) mass is 280 g/mol. The number of rotatable bonds is 5. The van der Waals surface area contributed by atoms with Crippen molar-refractivity contribution in [2.75, 3.05) is 11.9 Å². The molecule has 0 aliphatic heterocycles. The van der Waals surface area contributed by atoms with Crippen molar-refractivity contribution >= 4 is 17.5 Å². The topological polar surface area (TPSA) is 58.2 Å². The van der Waals surface area contributed by atoms with Gasteiger partial charge in [0.25, 0.3) is 0 Å². The number of nitrogens with one attached hydrogen (secondary N) is 2. The molecule has 106 valence electrons. The van der Waals surface area contributed by atoms with E-state index in [1.165, 1.54) is 18.2 Å². The van der Waals surface area contributed by atoms with E-state index in [1.54, 1.807) is 19.1 Å².